The van der Waals surface area contributed by atoms with Crippen LogP contribution >= 0.6 is 11.3 Å². The molecule has 0 fully saturated rings. The maximum absolute atomic E-state index is 12.9. The van der Waals surface area contributed by atoms with Crippen molar-refractivity contribution in [2.24, 2.45) is 0 Å². The molecule has 4 rings (SSSR count). The number of nitrogens with zero attached hydrogens (tertiary/aromatic N) is 1. The summed E-state index contributed by atoms with van der Waals surface area (Å²) in [4.78, 5) is 17.6. The molecule has 150 valence electrons. The van der Waals surface area contributed by atoms with Crippen LogP contribution in [0.5, 0.6) is 11.5 Å². The molecule has 4 aromatic rings. The SMILES string of the molecule is COc1ccc(C=C(NC(=O)c2ccccc2)c2nc3ccccc3s2)c(OC)c1. The van der Waals surface area contributed by atoms with Gasteiger partial charge in [0.2, 0.25) is 0 Å². The number of hydrogen-bond donors (Lipinski definition) is 1. The summed E-state index contributed by atoms with van der Waals surface area (Å²) in [6.45, 7) is 0. The summed E-state index contributed by atoms with van der Waals surface area (Å²) < 4.78 is 11.9. The van der Waals surface area contributed by atoms with E-state index in [0.717, 1.165) is 20.8 Å². The topological polar surface area (TPSA) is 60.5 Å². The van der Waals surface area contributed by atoms with Gasteiger partial charge < -0.3 is 14.8 Å². The van der Waals surface area contributed by atoms with E-state index in [4.69, 9.17) is 14.5 Å². The van der Waals surface area contributed by atoms with Gasteiger partial charge >= 0.3 is 0 Å². The van der Waals surface area contributed by atoms with Crippen LogP contribution in [0.2, 0.25) is 0 Å². The van der Waals surface area contributed by atoms with E-state index < -0.39 is 0 Å². The van der Waals surface area contributed by atoms with Gasteiger partial charge in [0.25, 0.3) is 5.91 Å². The number of nitrogens with one attached hydrogen (secondary N) is 1. The van der Waals surface area contributed by atoms with E-state index in [2.05, 4.69) is 5.32 Å². The lowest BCUT2D eigenvalue weighted by Gasteiger charge is -2.11. The number of rotatable bonds is 6. The van der Waals surface area contributed by atoms with E-state index in [1.165, 1.54) is 11.3 Å². The van der Waals surface area contributed by atoms with Crippen LogP contribution in [0, 0.1) is 0 Å². The average molecular weight is 417 g/mol. The van der Waals surface area contributed by atoms with Crippen molar-refractivity contribution in [3.8, 4) is 11.5 Å². The van der Waals surface area contributed by atoms with Crippen molar-refractivity contribution in [3.05, 3.63) is 88.9 Å². The first kappa shape index (κ1) is 19.7. The summed E-state index contributed by atoms with van der Waals surface area (Å²) >= 11 is 1.52. The zero-order valence-corrected chi connectivity index (χ0v) is 17.4. The summed E-state index contributed by atoms with van der Waals surface area (Å²) in [6, 6.07) is 22.5. The molecule has 0 spiro atoms. The first-order chi connectivity index (χ1) is 14.7. The molecular formula is C24H20N2O3S. The number of fused-ring (bicyclic) bond motifs is 1. The van der Waals surface area contributed by atoms with Gasteiger partial charge in [-0.05, 0) is 42.5 Å². The minimum absolute atomic E-state index is 0.200. The highest BCUT2D eigenvalue weighted by Crippen LogP contribution is 2.31. The van der Waals surface area contributed by atoms with E-state index in [1.807, 2.05) is 60.7 Å². The van der Waals surface area contributed by atoms with Crippen molar-refractivity contribution in [2.45, 2.75) is 0 Å². The number of thiazole rings is 1. The van der Waals surface area contributed by atoms with Crippen molar-refractivity contribution in [1.82, 2.24) is 10.3 Å². The number of carbonyl (C=O) groups excluding carboxylic acids is 1. The highest BCUT2D eigenvalue weighted by molar-refractivity contribution is 7.19. The molecule has 0 aliphatic carbocycles. The smallest absolute Gasteiger partial charge is 0.255 e. The summed E-state index contributed by atoms with van der Waals surface area (Å²) in [6.07, 6.45) is 1.87. The van der Waals surface area contributed by atoms with Gasteiger partial charge in [0.1, 0.15) is 16.5 Å². The van der Waals surface area contributed by atoms with Crippen LogP contribution in [0.3, 0.4) is 0 Å². The number of aromatic nitrogens is 1. The Morgan fingerprint density at radius 2 is 1.73 bits per heavy atom. The molecule has 0 bridgehead atoms. The number of hydrogen-bond acceptors (Lipinski definition) is 5. The Hall–Kier alpha value is -3.64. The molecule has 1 N–H and O–H groups in total. The lowest BCUT2D eigenvalue weighted by Crippen LogP contribution is -2.21. The summed E-state index contributed by atoms with van der Waals surface area (Å²) in [5, 5.41) is 3.74. The molecule has 0 unspecified atom stereocenters. The summed E-state index contributed by atoms with van der Waals surface area (Å²) in [5.74, 6) is 1.13. The zero-order valence-electron chi connectivity index (χ0n) is 16.6. The van der Waals surface area contributed by atoms with Gasteiger partial charge in [-0.2, -0.15) is 0 Å². The molecule has 0 saturated carbocycles. The maximum Gasteiger partial charge on any atom is 0.255 e. The van der Waals surface area contributed by atoms with Crippen LogP contribution in [0.1, 0.15) is 20.9 Å². The van der Waals surface area contributed by atoms with Crippen molar-refractivity contribution >= 4 is 39.2 Å². The van der Waals surface area contributed by atoms with Crippen molar-refractivity contribution < 1.29 is 14.3 Å². The van der Waals surface area contributed by atoms with Crippen LogP contribution in [0.15, 0.2) is 72.8 Å². The van der Waals surface area contributed by atoms with E-state index in [1.54, 1.807) is 32.4 Å². The lowest BCUT2D eigenvalue weighted by atomic mass is 10.1. The molecule has 6 heteroatoms. The Morgan fingerprint density at radius 3 is 2.47 bits per heavy atom. The molecule has 0 aliphatic rings. The fraction of sp³-hybridized carbons (Fsp3) is 0.0833. The predicted molar refractivity (Wildman–Crippen MR) is 121 cm³/mol. The fourth-order valence-corrected chi connectivity index (χ4v) is 3.95. The van der Waals surface area contributed by atoms with E-state index >= 15 is 0 Å². The largest absolute Gasteiger partial charge is 0.497 e. The Bertz CT molecular complexity index is 1180. The molecule has 1 aromatic heterocycles. The van der Waals surface area contributed by atoms with Gasteiger partial charge in [-0.25, -0.2) is 4.98 Å². The van der Waals surface area contributed by atoms with Gasteiger partial charge in [0.15, 0.2) is 0 Å². The molecule has 0 radical (unpaired) electrons. The molecule has 3 aromatic carbocycles. The van der Waals surface area contributed by atoms with Crippen LogP contribution in [0.4, 0.5) is 0 Å². The highest BCUT2D eigenvalue weighted by Gasteiger charge is 2.15. The van der Waals surface area contributed by atoms with Crippen molar-refractivity contribution in [3.63, 3.8) is 0 Å². The molecule has 0 atom stereocenters. The maximum atomic E-state index is 12.9. The number of carbonyl (C=O) groups is 1. The first-order valence-electron chi connectivity index (χ1n) is 9.34. The van der Waals surface area contributed by atoms with Crippen LogP contribution in [-0.2, 0) is 0 Å². The third-order valence-corrected chi connectivity index (χ3v) is 5.62. The summed E-state index contributed by atoms with van der Waals surface area (Å²) in [7, 11) is 3.21. The quantitative estimate of drug-likeness (QED) is 0.467. The van der Waals surface area contributed by atoms with Gasteiger partial charge in [-0.3, -0.25) is 4.79 Å². The second-order valence-corrected chi connectivity index (χ2v) is 7.50. The minimum Gasteiger partial charge on any atom is -0.497 e. The normalized spacial score (nSPS) is 11.3. The van der Waals surface area contributed by atoms with E-state index in [9.17, 15) is 4.79 Å². The highest BCUT2D eigenvalue weighted by atomic mass is 32.1. The van der Waals surface area contributed by atoms with E-state index in [-0.39, 0.29) is 5.91 Å². The first-order valence-corrected chi connectivity index (χ1v) is 10.2. The van der Waals surface area contributed by atoms with Gasteiger partial charge in [0.05, 0.1) is 30.1 Å². The number of benzene rings is 3. The fourth-order valence-electron chi connectivity index (χ4n) is 3.02. The second kappa shape index (κ2) is 8.80. The molecule has 1 heterocycles. The predicted octanol–water partition coefficient (Wildman–Crippen LogP) is 5.24. The molecule has 0 saturated heterocycles. The Balaban J connectivity index is 1.79. The Labute approximate surface area is 178 Å². The Kier molecular flexibility index (Phi) is 5.77. The molecule has 5 nitrogen and oxygen atoms in total. The van der Waals surface area contributed by atoms with Gasteiger partial charge in [-0.15, -0.1) is 11.3 Å². The van der Waals surface area contributed by atoms with Gasteiger partial charge in [-0.1, -0.05) is 30.3 Å². The number of methoxy groups -OCH3 is 2. The van der Waals surface area contributed by atoms with Crippen molar-refractivity contribution in [1.29, 1.82) is 0 Å². The van der Waals surface area contributed by atoms with E-state index in [0.29, 0.717) is 22.8 Å². The number of amides is 1. The standard InChI is InChI=1S/C24H20N2O3S/c1-28-18-13-12-17(21(15-18)29-2)14-20(25-23(27)16-8-4-3-5-9-16)24-26-19-10-6-7-11-22(19)30-24/h3-15H,1-2H3,(H,25,27). The summed E-state index contributed by atoms with van der Waals surface area (Å²) in [5.41, 5.74) is 2.87. The van der Waals surface area contributed by atoms with Gasteiger partial charge in [0, 0.05) is 17.2 Å². The monoisotopic (exact) mass is 416 g/mol. The average Bonchev–Trinajstić information content (AvgIpc) is 3.23. The lowest BCUT2D eigenvalue weighted by molar-refractivity contribution is 0.0974. The number of para-hydroxylation sites is 1. The zero-order chi connectivity index (χ0) is 20.9. The third-order valence-electron chi connectivity index (χ3n) is 4.55. The third kappa shape index (κ3) is 4.18. The Morgan fingerprint density at radius 1 is 0.967 bits per heavy atom. The van der Waals surface area contributed by atoms with Crippen LogP contribution in [0.25, 0.3) is 22.0 Å². The molecular weight excluding hydrogens is 396 g/mol. The number of ether oxygens (including phenoxy) is 2. The van der Waals surface area contributed by atoms with Crippen LogP contribution in [-0.4, -0.2) is 25.1 Å². The van der Waals surface area contributed by atoms with Crippen LogP contribution < -0.4 is 14.8 Å². The van der Waals surface area contributed by atoms with Crippen molar-refractivity contribution in [2.75, 3.05) is 14.2 Å². The second-order valence-electron chi connectivity index (χ2n) is 6.47. The molecule has 1 amide bonds. The molecule has 0 aliphatic heterocycles. The minimum atomic E-state index is -0.200. The molecule has 30 heavy (non-hydrogen) atoms.